The van der Waals surface area contributed by atoms with Crippen molar-refractivity contribution >= 4 is 33.5 Å². The number of ether oxygens (including phenoxy) is 2. The van der Waals surface area contributed by atoms with Crippen molar-refractivity contribution in [2.75, 3.05) is 26.1 Å². The van der Waals surface area contributed by atoms with E-state index in [1.165, 1.54) is 12.1 Å². The van der Waals surface area contributed by atoms with Gasteiger partial charge in [0.2, 0.25) is 5.43 Å². The summed E-state index contributed by atoms with van der Waals surface area (Å²) in [6.07, 6.45) is 2.97. The number of anilines is 1. The normalized spacial score (nSPS) is 10.6. The molecule has 2 aromatic carbocycles. The Labute approximate surface area is 160 Å². The van der Waals surface area contributed by atoms with Crippen molar-refractivity contribution in [1.29, 1.82) is 0 Å². The Morgan fingerprint density at radius 1 is 1.15 bits per heavy atom. The first-order valence-corrected chi connectivity index (χ1v) is 8.81. The zero-order chi connectivity index (χ0) is 19.1. The van der Waals surface area contributed by atoms with E-state index < -0.39 is 5.78 Å². The highest BCUT2D eigenvalue weighted by atomic mass is 79.9. The van der Waals surface area contributed by atoms with Gasteiger partial charge in [0.15, 0.2) is 5.78 Å². The van der Waals surface area contributed by atoms with Crippen LogP contribution in [0.2, 0.25) is 0 Å². The Morgan fingerprint density at radius 3 is 2.58 bits per heavy atom. The second kappa shape index (κ2) is 9.20. The van der Waals surface area contributed by atoms with E-state index in [4.69, 9.17) is 9.47 Å². The minimum Gasteiger partial charge on any atom is -0.497 e. The van der Waals surface area contributed by atoms with Crippen molar-refractivity contribution in [2.24, 2.45) is 0 Å². The molecule has 0 aliphatic carbocycles. The highest BCUT2D eigenvalue weighted by Gasteiger charge is 2.11. The van der Waals surface area contributed by atoms with Crippen LogP contribution in [0, 0.1) is 0 Å². The average Bonchev–Trinajstić information content (AvgIpc) is 2.79. The Balaban J connectivity index is 2.44. The molecular weight excluding hydrogens is 398 g/mol. The molecule has 0 spiro atoms. The number of hydrogen-bond donors (Lipinski definition) is 1. The predicted molar refractivity (Wildman–Crippen MR) is 107 cm³/mol. The quantitative estimate of drug-likeness (QED) is 0.541. The number of allylic oxidation sites excluding steroid dienone is 1. The first kappa shape index (κ1) is 19.7. The van der Waals surface area contributed by atoms with E-state index in [9.17, 15) is 9.59 Å². The molecule has 2 aromatic rings. The van der Waals surface area contributed by atoms with E-state index in [-0.39, 0.29) is 11.0 Å². The molecule has 0 bridgehead atoms. The first-order valence-electron chi connectivity index (χ1n) is 8.02. The summed E-state index contributed by atoms with van der Waals surface area (Å²) >= 11 is 3.34. The minimum absolute atomic E-state index is 0.0796. The second-order valence-corrected chi connectivity index (χ2v) is 6.27. The van der Waals surface area contributed by atoms with Crippen LogP contribution in [-0.2, 0) is 0 Å². The fraction of sp³-hybridized carbons (Fsp3) is 0.200. The molecule has 0 saturated heterocycles. The standard InChI is InChI=1S/C20H20BrNO4/c1-4-22-17-8-6-14(21)12-16(20(17)24)18(23)9-5-13-11-15(25-2)7-10-19(13)26-3/h5-12H,4H2,1-3H3,(H,22,24)/b9-5-. The van der Waals surface area contributed by atoms with E-state index in [2.05, 4.69) is 21.2 Å². The van der Waals surface area contributed by atoms with Gasteiger partial charge in [-0.2, -0.15) is 0 Å². The third-order valence-electron chi connectivity index (χ3n) is 3.66. The summed E-state index contributed by atoms with van der Waals surface area (Å²) in [5, 5.41) is 2.98. The number of halogens is 1. The van der Waals surface area contributed by atoms with Crippen molar-refractivity contribution in [3.05, 3.63) is 68.3 Å². The lowest BCUT2D eigenvalue weighted by molar-refractivity contribution is 0.104. The molecule has 0 aliphatic rings. The number of carbonyl (C=O) groups is 1. The molecule has 5 nitrogen and oxygen atoms in total. The van der Waals surface area contributed by atoms with E-state index in [0.717, 1.165) is 0 Å². The van der Waals surface area contributed by atoms with Gasteiger partial charge in [-0.25, -0.2) is 0 Å². The highest BCUT2D eigenvalue weighted by Crippen LogP contribution is 2.25. The number of rotatable bonds is 7. The van der Waals surface area contributed by atoms with Gasteiger partial charge in [0.05, 0.1) is 25.5 Å². The molecule has 0 aliphatic heterocycles. The molecule has 136 valence electrons. The molecule has 0 saturated carbocycles. The van der Waals surface area contributed by atoms with E-state index in [1.807, 2.05) is 6.92 Å². The lowest BCUT2D eigenvalue weighted by Crippen LogP contribution is -2.15. The van der Waals surface area contributed by atoms with Crippen LogP contribution >= 0.6 is 15.9 Å². The van der Waals surface area contributed by atoms with Crippen LogP contribution in [0.15, 0.2) is 51.7 Å². The van der Waals surface area contributed by atoms with Crippen molar-refractivity contribution in [3.8, 4) is 11.5 Å². The molecule has 0 atom stereocenters. The predicted octanol–water partition coefficient (Wildman–Crippen LogP) is 4.15. The molecule has 2 rings (SSSR count). The Hall–Kier alpha value is -2.60. The smallest absolute Gasteiger partial charge is 0.212 e. The average molecular weight is 418 g/mol. The molecule has 0 aromatic heterocycles. The summed E-state index contributed by atoms with van der Waals surface area (Å²) in [5.74, 6) is 0.854. The molecule has 1 N–H and O–H groups in total. The third-order valence-corrected chi connectivity index (χ3v) is 4.16. The van der Waals surface area contributed by atoms with Crippen molar-refractivity contribution in [1.82, 2.24) is 0 Å². The van der Waals surface area contributed by atoms with Gasteiger partial charge >= 0.3 is 0 Å². The molecule has 26 heavy (non-hydrogen) atoms. The highest BCUT2D eigenvalue weighted by molar-refractivity contribution is 9.10. The molecule has 6 heteroatoms. The van der Waals surface area contributed by atoms with Crippen molar-refractivity contribution in [3.63, 3.8) is 0 Å². The van der Waals surface area contributed by atoms with Crippen LogP contribution in [0.5, 0.6) is 11.5 Å². The maximum Gasteiger partial charge on any atom is 0.212 e. The first-order chi connectivity index (χ1) is 12.5. The number of methoxy groups -OCH3 is 2. The summed E-state index contributed by atoms with van der Waals surface area (Å²) < 4.78 is 11.1. The van der Waals surface area contributed by atoms with Crippen LogP contribution in [0.25, 0.3) is 6.08 Å². The van der Waals surface area contributed by atoms with Crippen molar-refractivity contribution in [2.45, 2.75) is 6.92 Å². The summed E-state index contributed by atoms with van der Waals surface area (Å²) in [6.45, 7) is 2.47. The number of nitrogens with one attached hydrogen (secondary N) is 1. The summed E-state index contributed by atoms with van der Waals surface area (Å²) in [7, 11) is 3.11. The Morgan fingerprint density at radius 2 is 1.92 bits per heavy atom. The largest absolute Gasteiger partial charge is 0.497 e. The van der Waals surface area contributed by atoms with Crippen LogP contribution in [0.4, 0.5) is 5.69 Å². The number of carbonyl (C=O) groups excluding carboxylic acids is 1. The zero-order valence-corrected chi connectivity index (χ0v) is 16.4. The maximum absolute atomic E-state index is 12.6. The molecule has 0 fully saturated rings. The van der Waals surface area contributed by atoms with Gasteiger partial charge in [0.25, 0.3) is 0 Å². The number of ketones is 1. The fourth-order valence-electron chi connectivity index (χ4n) is 2.37. The summed E-state index contributed by atoms with van der Waals surface area (Å²) in [4.78, 5) is 25.2. The van der Waals surface area contributed by atoms with Crippen LogP contribution in [0.1, 0.15) is 22.8 Å². The van der Waals surface area contributed by atoms with E-state index in [0.29, 0.717) is 33.8 Å². The minimum atomic E-state index is -0.393. The second-order valence-electron chi connectivity index (χ2n) is 5.35. The van der Waals surface area contributed by atoms with Crippen molar-refractivity contribution < 1.29 is 14.3 Å². The van der Waals surface area contributed by atoms with Gasteiger partial charge in [0.1, 0.15) is 11.5 Å². The SMILES string of the molecule is CCNc1ccc(Br)cc(C(=O)/C=C\c2cc(OC)ccc2OC)c1=O. The molecule has 0 unspecified atom stereocenters. The van der Waals surface area contributed by atoms with Gasteiger partial charge < -0.3 is 14.8 Å². The Kier molecular flexibility index (Phi) is 6.97. The lowest BCUT2D eigenvalue weighted by Gasteiger charge is -2.07. The van der Waals surface area contributed by atoms with Crippen LogP contribution < -0.4 is 20.2 Å². The molecule has 0 amide bonds. The molecular formula is C20H20BrNO4. The molecule has 0 heterocycles. The molecule has 0 radical (unpaired) electrons. The lowest BCUT2D eigenvalue weighted by atomic mass is 10.1. The monoisotopic (exact) mass is 417 g/mol. The summed E-state index contributed by atoms with van der Waals surface area (Å²) in [6, 6.07) is 10.2. The van der Waals surface area contributed by atoms with E-state index in [1.54, 1.807) is 50.6 Å². The van der Waals surface area contributed by atoms with Gasteiger partial charge in [-0.05, 0) is 55.5 Å². The third kappa shape index (κ3) is 4.73. The Bertz CT molecular complexity index is 893. The topological polar surface area (TPSA) is 64.6 Å². The van der Waals surface area contributed by atoms with Gasteiger partial charge in [0, 0.05) is 16.6 Å². The fourth-order valence-corrected chi connectivity index (χ4v) is 2.73. The van der Waals surface area contributed by atoms with Crippen LogP contribution in [0.3, 0.4) is 0 Å². The van der Waals surface area contributed by atoms with Gasteiger partial charge in [-0.1, -0.05) is 15.9 Å². The van der Waals surface area contributed by atoms with Gasteiger partial charge in [-0.15, -0.1) is 0 Å². The number of hydrogen-bond acceptors (Lipinski definition) is 5. The zero-order valence-electron chi connectivity index (χ0n) is 14.8. The van der Waals surface area contributed by atoms with E-state index >= 15 is 0 Å². The van der Waals surface area contributed by atoms with Gasteiger partial charge in [-0.3, -0.25) is 9.59 Å². The van der Waals surface area contributed by atoms with Crippen LogP contribution in [-0.4, -0.2) is 26.5 Å². The maximum atomic E-state index is 12.6. The number of benzene rings is 1. The summed E-state index contributed by atoms with van der Waals surface area (Å²) in [5.41, 5.74) is 0.800.